The minimum atomic E-state index is -4.84. The fourth-order valence-corrected chi connectivity index (χ4v) is 9.32. The van der Waals surface area contributed by atoms with Crippen molar-refractivity contribution in [1.82, 2.24) is 29.4 Å². The zero-order valence-electron chi connectivity index (χ0n) is 35.5. The average molecular weight is 867 g/mol. The van der Waals surface area contributed by atoms with Crippen LogP contribution in [0.1, 0.15) is 140 Å². The van der Waals surface area contributed by atoms with Crippen molar-refractivity contribution in [2.24, 2.45) is 0 Å². The Morgan fingerprint density at radius 3 is 2.23 bits per heavy atom. The molecule has 1 saturated heterocycles. The van der Waals surface area contributed by atoms with Crippen molar-refractivity contribution in [3.05, 3.63) is 66.1 Å². The quantitative estimate of drug-likeness (QED) is 0.0316. The molecule has 18 heteroatoms. The van der Waals surface area contributed by atoms with E-state index in [9.17, 15) is 24.9 Å². The van der Waals surface area contributed by atoms with Crippen LogP contribution < -0.4 is 5.73 Å². The van der Waals surface area contributed by atoms with Crippen LogP contribution >= 0.6 is 7.82 Å². The number of benzene rings is 1. The second kappa shape index (κ2) is 22.0. The molecule has 1 aliphatic heterocycles. The molecule has 0 amide bonds. The number of rotatable bonds is 29. The van der Waals surface area contributed by atoms with Crippen LogP contribution in [0.3, 0.4) is 0 Å². The summed E-state index contributed by atoms with van der Waals surface area (Å²) in [5.41, 5.74) is 4.90. The number of nitriles is 1. The summed E-state index contributed by atoms with van der Waals surface area (Å²) in [4.78, 5) is 18.8. The predicted molar refractivity (Wildman–Crippen MR) is 226 cm³/mol. The van der Waals surface area contributed by atoms with E-state index >= 15 is 0 Å². The van der Waals surface area contributed by atoms with Crippen LogP contribution in [0.25, 0.3) is 11.2 Å². The molecule has 1 saturated carbocycles. The van der Waals surface area contributed by atoms with Crippen LogP contribution in [0.4, 0.5) is 5.82 Å². The van der Waals surface area contributed by atoms with Gasteiger partial charge in [-0.25, -0.2) is 23.7 Å². The SMILES string of the molecule is CCCCCCCCCCCCCCCCCCOC[C@H](COP(=O)(O)OC1[C@@]2(C)O[C@@H](c3ccc4c(N)ncnn34)[C@H](O)[C@@]12O)OCc1ccc(-n2cncn2)c(C#N)c1. The van der Waals surface area contributed by atoms with Gasteiger partial charge in [0.1, 0.15) is 60.6 Å². The maximum absolute atomic E-state index is 13.3. The van der Waals surface area contributed by atoms with E-state index in [1.807, 2.05) is 0 Å². The third-order valence-electron chi connectivity index (χ3n) is 12.0. The summed E-state index contributed by atoms with van der Waals surface area (Å²) in [5, 5.41) is 40.9. The Labute approximate surface area is 358 Å². The summed E-state index contributed by atoms with van der Waals surface area (Å²) in [6.45, 7) is 3.95. The monoisotopic (exact) mass is 866 g/mol. The second-order valence-corrected chi connectivity index (χ2v) is 17.9. The number of nitrogen functional groups attached to an aromatic ring is 1. The topological polar surface area (TPSA) is 235 Å². The molecular formula is C43H63N8O9P. The summed E-state index contributed by atoms with van der Waals surface area (Å²) < 4.78 is 45.3. The average Bonchev–Trinajstić information content (AvgIpc) is 3.82. The molecule has 334 valence electrons. The normalized spacial score (nSPS) is 23.5. The minimum Gasteiger partial charge on any atom is -0.387 e. The number of unbranched alkanes of at least 4 members (excludes halogenated alkanes) is 15. The first kappa shape index (κ1) is 46.7. The fraction of sp³-hybridized carbons (Fsp3) is 0.651. The minimum absolute atomic E-state index is 0.0478. The molecule has 7 atom stereocenters. The summed E-state index contributed by atoms with van der Waals surface area (Å²) in [7, 11) is -4.84. The molecule has 1 aromatic carbocycles. The van der Waals surface area contributed by atoms with E-state index in [1.54, 1.807) is 30.3 Å². The first-order valence-corrected chi connectivity index (χ1v) is 23.4. The summed E-state index contributed by atoms with van der Waals surface area (Å²) >= 11 is 0. The maximum Gasteiger partial charge on any atom is 0.472 e. The van der Waals surface area contributed by atoms with E-state index in [0.717, 1.165) is 19.3 Å². The number of hydrogen-bond acceptors (Lipinski definition) is 14. The standard InChI is InChI=1S/C43H63N8O9P/c1-3-4-5-6-7-8-9-10-11-12-13-14-15-16-17-18-23-56-27-34(57-26-32-19-20-35(33(24-32)25-44)50-31-46-29-48-50)28-58-61(54,55)60-41-42(2)43(41,53)39(52)38(59-42)36-21-22-37-40(45)47-30-49-51(36)37/h19-22,24,29-31,34,38-39,41,52-53H,3-18,23,26-28H2,1-2H3,(H,54,55)(H2,45,47,49)/t34-,38+,39+,41?,42-,43-/m1/s1. The number of nitrogens with two attached hydrogens (primary N) is 1. The Kier molecular flexibility index (Phi) is 16.8. The van der Waals surface area contributed by atoms with Crippen molar-refractivity contribution in [2.75, 3.05) is 25.6 Å². The van der Waals surface area contributed by atoms with Crippen LogP contribution in [-0.4, -0.2) is 93.8 Å². The Bertz CT molecular complexity index is 2060. The highest BCUT2D eigenvalue weighted by Crippen LogP contribution is 2.68. The third kappa shape index (κ3) is 11.6. The highest BCUT2D eigenvalue weighted by Gasteiger charge is 2.87. The molecule has 1 aliphatic carbocycles. The van der Waals surface area contributed by atoms with Crippen molar-refractivity contribution < 1.29 is 42.9 Å². The molecule has 5 N–H and O–H groups in total. The number of hydrogen-bond donors (Lipinski definition) is 4. The van der Waals surface area contributed by atoms with Gasteiger partial charge in [-0.15, -0.1) is 0 Å². The maximum atomic E-state index is 13.3. The van der Waals surface area contributed by atoms with E-state index in [2.05, 4.69) is 33.2 Å². The number of ether oxygens (including phenoxy) is 3. The van der Waals surface area contributed by atoms with Crippen LogP contribution in [-0.2, 0) is 34.4 Å². The molecule has 4 heterocycles. The van der Waals surface area contributed by atoms with Gasteiger partial charge in [-0.1, -0.05) is 109 Å². The number of phosphoric ester groups is 1. The summed E-state index contributed by atoms with van der Waals surface area (Å²) in [6, 6.07) is 10.7. The zero-order chi connectivity index (χ0) is 43.3. The lowest BCUT2D eigenvalue weighted by atomic mass is 10.0. The van der Waals surface area contributed by atoms with Gasteiger partial charge in [0.05, 0.1) is 36.8 Å². The van der Waals surface area contributed by atoms with Gasteiger partial charge in [-0.3, -0.25) is 9.05 Å². The Hall–Kier alpha value is -3.82. The molecule has 0 spiro atoms. The molecule has 2 aliphatic rings. The number of aliphatic hydroxyl groups excluding tert-OH is 1. The van der Waals surface area contributed by atoms with E-state index in [0.29, 0.717) is 34.6 Å². The summed E-state index contributed by atoms with van der Waals surface area (Å²) in [5.74, 6) is 0.226. The smallest absolute Gasteiger partial charge is 0.387 e. The van der Waals surface area contributed by atoms with Crippen LogP contribution in [0.15, 0.2) is 49.3 Å². The molecule has 0 bridgehead atoms. The van der Waals surface area contributed by atoms with Crippen molar-refractivity contribution in [3.63, 3.8) is 0 Å². The van der Waals surface area contributed by atoms with Gasteiger partial charge in [-0.2, -0.15) is 15.5 Å². The van der Waals surface area contributed by atoms with Gasteiger partial charge in [0.25, 0.3) is 0 Å². The van der Waals surface area contributed by atoms with Gasteiger partial charge >= 0.3 is 7.82 Å². The number of aliphatic hydroxyl groups is 2. The fourth-order valence-electron chi connectivity index (χ4n) is 8.28. The predicted octanol–water partition coefficient (Wildman–Crippen LogP) is 7.07. The first-order valence-electron chi connectivity index (χ1n) is 21.9. The lowest BCUT2D eigenvalue weighted by Crippen LogP contribution is -2.35. The van der Waals surface area contributed by atoms with Crippen molar-refractivity contribution in [1.29, 1.82) is 5.26 Å². The zero-order valence-corrected chi connectivity index (χ0v) is 36.4. The lowest BCUT2D eigenvalue weighted by molar-refractivity contribution is -0.0837. The first-order chi connectivity index (χ1) is 29.5. The molecule has 4 aromatic rings. The number of anilines is 1. The molecule has 17 nitrogen and oxygen atoms in total. The van der Waals surface area contributed by atoms with Crippen LogP contribution in [0, 0.1) is 11.3 Å². The Balaban J connectivity index is 0.951. The number of nitrogens with zero attached hydrogens (tertiary/aromatic N) is 7. The van der Waals surface area contributed by atoms with Gasteiger partial charge in [0.2, 0.25) is 0 Å². The van der Waals surface area contributed by atoms with E-state index < -0.39 is 43.4 Å². The highest BCUT2D eigenvalue weighted by molar-refractivity contribution is 7.47. The van der Waals surface area contributed by atoms with Crippen LogP contribution in [0.2, 0.25) is 0 Å². The second-order valence-electron chi connectivity index (χ2n) is 16.5. The molecular weight excluding hydrogens is 803 g/mol. The van der Waals surface area contributed by atoms with E-state index in [-0.39, 0.29) is 25.6 Å². The highest BCUT2D eigenvalue weighted by atomic mass is 31.2. The van der Waals surface area contributed by atoms with Crippen LogP contribution in [0.5, 0.6) is 0 Å². The van der Waals surface area contributed by atoms with Gasteiger partial charge in [-0.05, 0) is 43.2 Å². The van der Waals surface area contributed by atoms with Gasteiger partial charge in [0, 0.05) is 6.61 Å². The van der Waals surface area contributed by atoms with Crippen molar-refractivity contribution in [3.8, 4) is 11.8 Å². The Morgan fingerprint density at radius 2 is 1.62 bits per heavy atom. The lowest BCUT2D eigenvalue weighted by Gasteiger charge is -2.24. The molecule has 2 unspecified atom stereocenters. The summed E-state index contributed by atoms with van der Waals surface area (Å²) in [6.07, 6.45) is 19.7. The molecule has 0 radical (unpaired) electrons. The van der Waals surface area contributed by atoms with E-state index in [4.69, 9.17) is 29.0 Å². The molecule has 61 heavy (non-hydrogen) atoms. The Morgan fingerprint density at radius 1 is 0.951 bits per heavy atom. The number of phosphoric acid groups is 1. The van der Waals surface area contributed by atoms with Crippen molar-refractivity contribution in [2.45, 2.75) is 159 Å². The molecule has 2 fully saturated rings. The third-order valence-corrected chi connectivity index (χ3v) is 12.9. The van der Waals surface area contributed by atoms with Gasteiger partial charge < -0.3 is 35.1 Å². The molecule has 3 aromatic heterocycles. The molecule has 6 rings (SSSR count). The number of aromatic nitrogens is 6. The van der Waals surface area contributed by atoms with Crippen molar-refractivity contribution >= 4 is 19.2 Å². The largest absolute Gasteiger partial charge is 0.472 e. The van der Waals surface area contributed by atoms with E-state index in [1.165, 1.54) is 119 Å². The van der Waals surface area contributed by atoms with Gasteiger partial charge in [0.15, 0.2) is 11.4 Å². The number of fused-ring (bicyclic) bond motifs is 2.